The third-order valence-corrected chi connectivity index (χ3v) is 5.41. The molecule has 1 fully saturated rings. The Balaban J connectivity index is 1.50. The average Bonchev–Trinajstić information content (AvgIpc) is 3.34. The molecule has 0 radical (unpaired) electrons. The summed E-state index contributed by atoms with van der Waals surface area (Å²) in [4.78, 5) is 27.0. The van der Waals surface area contributed by atoms with Crippen molar-refractivity contribution >= 4 is 17.9 Å². The van der Waals surface area contributed by atoms with E-state index in [0.717, 1.165) is 17.1 Å². The molecule has 1 saturated heterocycles. The van der Waals surface area contributed by atoms with Crippen LogP contribution in [0.5, 0.6) is 0 Å². The zero-order valence-electron chi connectivity index (χ0n) is 17.6. The maximum atomic E-state index is 12.2. The van der Waals surface area contributed by atoms with Gasteiger partial charge in [0, 0.05) is 24.3 Å². The number of hydrogen-bond donors (Lipinski definition) is 1. The van der Waals surface area contributed by atoms with Crippen LogP contribution in [-0.4, -0.2) is 38.3 Å². The lowest BCUT2D eigenvalue weighted by molar-refractivity contribution is 0.177. The summed E-state index contributed by atoms with van der Waals surface area (Å²) < 4.78 is 7.27. The van der Waals surface area contributed by atoms with Gasteiger partial charge < -0.3 is 14.6 Å². The molecule has 8 nitrogen and oxygen atoms in total. The highest BCUT2D eigenvalue weighted by Crippen LogP contribution is 2.27. The Kier molecular flexibility index (Phi) is 5.39. The molecule has 3 aromatic rings. The molecule has 30 heavy (non-hydrogen) atoms. The summed E-state index contributed by atoms with van der Waals surface area (Å²) in [5, 5.41) is 3.33. The smallest absolute Gasteiger partial charge is 0.415 e. The van der Waals surface area contributed by atoms with E-state index < -0.39 is 0 Å². The van der Waals surface area contributed by atoms with Crippen molar-refractivity contribution in [2.45, 2.75) is 39.8 Å². The molecular formula is C22H26N6O2. The van der Waals surface area contributed by atoms with E-state index in [2.05, 4.69) is 65.3 Å². The van der Waals surface area contributed by atoms with Crippen LogP contribution in [-0.2, 0) is 4.74 Å². The predicted octanol–water partition coefficient (Wildman–Crippen LogP) is 4.13. The van der Waals surface area contributed by atoms with E-state index in [1.165, 1.54) is 0 Å². The number of nitrogens with one attached hydrogen (secondary N) is 1. The summed E-state index contributed by atoms with van der Waals surface area (Å²) in [6.45, 7) is 8.54. The van der Waals surface area contributed by atoms with Crippen LogP contribution in [0.25, 0.3) is 5.69 Å². The number of imidazole rings is 1. The van der Waals surface area contributed by atoms with Gasteiger partial charge in [-0.3, -0.25) is 4.90 Å². The zero-order chi connectivity index (χ0) is 21.3. The number of amides is 1. The molecule has 1 aromatic carbocycles. The van der Waals surface area contributed by atoms with E-state index in [9.17, 15) is 4.79 Å². The van der Waals surface area contributed by atoms with Crippen molar-refractivity contribution in [3.63, 3.8) is 0 Å². The predicted molar refractivity (Wildman–Crippen MR) is 115 cm³/mol. The van der Waals surface area contributed by atoms with Gasteiger partial charge in [0.05, 0.1) is 12.1 Å². The fourth-order valence-electron chi connectivity index (χ4n) is 3.59. The van der Waals surface area contributed by atoms with Gasteiger partial charge >= 0.3 is 6.09 Å². The molecule has 0 spiro atoms. The molecule has 0 saturated carbocycles. The Labute approximate surface area is 175 Å². The first kappa shape index (κ1) is 19.9. The molecule has 1 aliphatic heterocycles. The summed E-state index contributed by atoms with van der Waals surface area (Å²) in [5.74, 6) is 2.22. The first-order chi connectivity index (χ1) is 14.4. The molecule has 2 atom stereocenters. The van der Waals surface area contributed by atoms with Crippen LogP contribution in [0, 0.1) is 12.8 Å². The van der Waals surface area contributed by atoms with Crippen LogP contribution >= 0.6 is 0 Å². The van der Waals surface area contributed by atoms with Crippen LogP contribution in [0.1, 0.15) is 38.2 Å². The van der Waals surface area contributed by atoms with Crippen LogP contribution in [0.3, 0.4) is 0 Å². The normalized spacial score (nSPS) is 17.3. The molecule has 1 amide bonds. The highest BCUT2D eigenvalue weighted by Gasteiger charge is 2.37. The number of aryl methyl sites for hydroxylation is 1. The standard InChI is InChI=1S/C22H26N6O2/c1-14(2)19-13-30-22(29)28(19)20-9-10-24-21(26-20)25-15(3)17-5-7-18(8-6-17)27-12-11-23-16(27)4/h5-12,14-15,19H,13H2,1-4H3,(H,24,25,26). The van der Waals surface area contributed by atoms with E-state index in [4.69, 9.17) is 4.74 Å². The van der Waals surface area contributed by atoms with Crippen molar-refractivity contribution in [1.29, 1.82) is 0 Å². The molecule has 1 aliphatic rings. The van der Waals surface area contributed by atoms with Crippen LogP contribution in [0.15, 0.2) is 48.9 Å². The van der Waals surface area contributed by atoms with Crippen LogP contribution < -0.4 is 10.2 Å². The van der Waals surface area contributed by atoms with Gasteiger partial charge in [-0.25, -0.2) is 14.8 Å². The first-order valence-corrected chi connectivity index (χ1v) is 10.1. The summed E-state index contributed by atoms with van der Waals surface area (Å²) in [6, 6.07) is 9.97. The molecule has 1 N–H and O–H groups in total. The summed E-state index contributed by atoms with van der Waals surface area (Å²) in [7, 11) is 0. The topological polar surface area (TPSA) is 85.2 Å². The van der Waals surface area contributed by atoms with Crippen LogP contribution in [0.4, 0.5) is 16.6 Å². The van der Waals surface area contributed by atoms with E-state index in [-0.39, 0.29) is 24.1 Å². The third-order valence-electron chi connectivity index (χ3n) is 5.41. The molecule has 0 aliphatic carbocycles. The Morgan fingerprint density at radius 3 is 2.53 bits per heavy atom. The number of nitrogens with zero attached hydrogens (tertiary/aromatic N) is 5. The number of cyclic esters (lactones) is 1. The second-order valence-corrected chi connectivity index (χ2v) is 7.80. The van der Waals surface area contributed by atoms with Crippen molar-refractivity contribution in [2.24, 2.45) is 5.92 Å². The van der Waals surface area contributed by atoms with Crippen LogP contribution in [0.2, 0.25) is 0 Å². The number of ether oxygens (including phenoxy) is 1. The van der Waals surface area contributed by atoms with Gasteiger partial charge in [0.1, 0.15) is 18.2 Å². The number of carbonyl (C=O) groups excluding carboxylic acids is 1. The molecule has 4 rings (SSSR count). The molecule has 0 bridgehead atoms. The highest BCUT2D eigenvalue weighted by atomic mass is 16.6. The number of carbonyl (C=O) groups is 1. The monoisotopic (exact) mass is 406 g/mol. The number of hydrogen-bond acceptors (Lipinski definition) is 6. The SMILES string of the molecule is Cc1nccn1-c1ccc(C(C)Nc2nccc(N3C(=O)OCC3C(C)C)n2)cc1. The number of aromatic nitrogens is 4. The lowest BCUT2D eigenvalue weighted by Gasteiger charge is -2.23. The Hall–Kier alpha value is -3.42. The van der Waals surface area contributed by atoms with Gasteiger partial charge in [-0.2, -0.15) is 4.98 Å². The molecule has 2 aromatic heterocycles. The van der Waals surface area contributed by atoms with Gasteiger partial charge in [0.25, 0.3) is 0 Å². The Bertz CT molecular complexity index is 1030. The van der Waals surface area contributed by atoms with Crippen molar-refractivity contribution < 1.29 is 9.53 Å². The zero-order valence-corrected chi connectivity index (χ0v) is 17.6. The number of rotatable bonds is 6. The second-order valence-electron chi connectivity index (χ2n) is 7.80. The first-order valence-electron chi connectivity index (χ1n) is 10.1. The Morgan fingerprint density at radius 2 is 1.87 bits per heavy atom. The minimum Gasteiger partial charge on any atom is -0.447 e. The third kappa shape index (κ3) is 3.85. The molecular weight excluding hydrogens is 380 g/mol. The molecule has 8 heteroatoms. The lowest BCUT2D eigenvalue weighted by Crippen LogP contribution is -2.37. The maximum Gasteiger partial charge on any atom is 0.415 e. The highest BCUT2D eigenvalue weighted by molar-refractivity contribution is 5.89. The Morgan fingerprint density at radius 1 is 1.10 bits per heavy atom. The molecule has 3 heterocycles. The fourth-order valence-corrected chi connectivity index (χ4v) is 3.59. The average molecular weight is 406 g/mol. The quantitative estimate of drug-likeness (QED) is 0.663. The summed E-state index contributed by atoms with van der Waals surface area (Å²) in [6.07, 6.45) is 5.03. The molecule has 2 unspecified atom stereocenters. The van der Waals surface area contributed by atoms with Gasteiger partial charge in [0.2, 0.25) is 5.95 Å². The second kappa shape index (κ2) is 8.14. The van der Waals surface area contributed by atoms with Gasteiger partial charge in [0.15, 0.2) is 0 Å². The van der Waals surface area contributed by atoms with Gasteiger partial charge in [-0.15, -0.1) is 0 Å². The largest absolute Gasteiger partial charge is 0.447 e. The van der Waals surface area contributed by atoms with Crippen molar-refractivity contribution in [3.05, 3.63) is 60.3 Å². The van der Waals surface area contributed by atoms with Crippen molar-refractivity contribution in [1.82, 2.24) is 19.5 Å². The minimum atomic E-state index is -0.364. The van der Waals surface area contributed by atoms with E-state index >= 15 is 0 Å². The van der Waals surface area contributed by atoms with Gasteiger partial charge in [-0.05, 0) is 43.5 Å². The van der Waals surface area contributed by atoms with Crippen molar-refractivity contribution in [3.8, 4) is 5.69 Å². The number of benzene rings is 1. The minimum absolute atomic E-state index is 0.00962. The number of anilines is 2. The summed E-state index contributed by atoms with van der Waals surface area (Å²) in [5.41, 5.74) is 2.16. The van der Waals surface area contributed by atoms with Crippen molar-refractivity contribution in [2.75, 3.05) is 16.8 Å². The van der Waals surface area contributed by atoms with E-state index in [1.807, 2.05) is 17.7 Å². The molecule has 156 valence electrons. The van der Waals surface area contributed by atoms with E-state index in [0.29, 0.717) is 18.4 Å². The summed E-state index contributed by atoms with van der Waals surface area (Å²) >= 11 is 0. The van der Waals surface area contributed by atoms with E-state index in [1.54, 1.807) is 23.4 Å². The maximum absolute atomic E-state index is 12.2. The van der Waals surface area contributed by atoms with Gasteiger partial charge in [-0.1, -0.05) is 26.0 Å². The fraction of sp³-hybridized carbons (Fsp3) is 0.364. The lowest BCUT2D eigenvalue weighted by atomic mass is 10.0.